The number of aliphatic hydroxyl groups is 1. The molecule has 1 aliphatic rings. The van der Waals surface area contributed by atoms with Crippen LogP contribution >= 0.6 is 0 Å². The van der Waals surface area contributed by atoms with E-state index in [1.807, 2.05) is 0 Å². The molecule has 1 aromatic rings. The first kappa shape index (κ1) is 15.6. The molecule has 0 aromatic heterocycles. The molecule has 21 heavy (non-hydrogen) atoms. The number of methoxy groups -OCH3 is 2. The van der Waals surface area contributed by atoms with Crippen molar-refractivity contribution in [2.45, 2.75) is 25.0 Å². The van der Waals surface area contributed by atoms with Gasteiger partial charge in [0.05, 0.1) is 26.4 Å². The Morgan fingerprint density at radius 1 is 1.38 bits per heavy atom. The van der Waals surface area contributed by atoms with Crippen molar-refractivity contribution in [1.82, 2.24) is 10.6 Å². The Kier molecular flexibility index (Phi) is 5.41. The normalized spacial score (nSPS) is 19.1. The van der Waals surface area contributed by atoms with Gasteiger partial charge in [0, 0.05) is 12.6 Å². The Morgan fingerprint density at radius 3 is 2.57 bits per heavy atom. The number of benzene rings is 1. The summed E-state index contributed by atoms with van der Waals surface area (Å²) in [6, 6.07) is 5.05. The summed E-state index contributed by atoms with van der Waals surface area (Å²) in [6.45, 7) is 1.03. The van der Waals surface area contributed by atoms with Crippen LogP contribution in [0.15, 0.2) is 18.2 Å². The predicted molar refractivity (Wildman–Crippen MR) is 78.5 cm³/mol. The van der Waals surface area contributed by atoms with Gasteiger partial charge in [-0.1, -0.05) is 0 Å². The van der Waals surface area contributed by atoms with E-state index < -0.39 is 6.10 Å². The molecule has 116 valence electrons. The van der Waals surface area contributed by atoms with Crippen LogP contribution in [0.4, 0.5) is 0 Å². The van der Waals surface area contributed by atoms with Crippen LogP contribution in [0.3, 0.4) is 0 Å². The molecule has 6 heteroatoms. The molecule has 2 rings (SSSR count). The van der Waals surface area contributed by atoms with Crippen LogP contribution in [0.5, 0.6) is 11.5 Å². The van der Waals surface area contributed by atoms with Crippen molar-refractivity contribution in [3.05, 3.63) is 23.8 Å². The molecule has 1 saturated heterocycles. The Balaban J connectivity index is 1.95. The van der Waals surface area contributed by atoms with E-state index in [2.05, 4.69) is 10.6 Å². The lowest BCUT2D eigenvalue weighted by atomic mass is 10.1. The summed E-state index contributed by atoms with van der Waals surface area (Å²) >= 11 is 0. The second-order valence-electron chi connectivity index (χ2n) is 5.06. The highest BCUT2D eigenvalue weighted by molar-refractivity contribution is 5.82. The summed E-state index contributed by atoms with van der Waals surface area (Å²) in [5.41, 5.74) is 0.644. The minimum atomic E-state index is -0.806. The molecular weight excluding hydrogens is 272 g/mol. The lowest BCUT2D eigenvalue weighted by molar-refractivity contribution is -0.123. The van der Waals surface area contributed by atoms with Gasteiger partial charge in [0.15, 0.2) is 0 Å². The van der Waals surface area contributed by atoms with Crippen LogP contribution in [-0.4, -0.2) is 44.4 Å². The zero-order valence-corrected chi connectivity index (χ0v) is 12.4. The highest BCUT2D eigenvalue weighted by Crippen LogP contribution is 2.26. The van der Waals surface area contributed by atoms with Gasteiger partial charge in [0.1, 0.15) is 11.5 Å². The minimum absolute atomic E-state index is 0.0681. The maximum absolute atomic E-state index is 11.9. The molecule has 1 amide bonds. The molecule has 2 unspecified atom stereocenters. The largest absolute Gasteiger partial charge is 0.497 e. The summed E-state index contributed by atoms with van der Waals surface area (Å²) in [5.74, 6) is 1.14. The van der Waals surface area contributed by atoms with Gasteiger partial charge in [-0.3, -0.25) is 4.79 Å². The van der Waals surface area contributed by atoms with E-state index in [1.54, 1.807) is 32.4 Å². The van der Waals surface area contributed by atoms with Gasteiger partial charge in [-0.15, -0.1) is 0 Å². The fraction of sp³-hybridized carbons (Fsp3) is 0.533. The maximum atomic E-state index is 11.9. The van der Waals surface area contributed by atoms with Crippen molar-refractivity contribution in [2.24, 2.45) is 0 Å². The first-order valence-corrected chi connectivity index (χ1v) is 7.06. The zero-order chi connectivity index (χ0) is 15.2. The Labute approximate surface area is 124 Å². The molecule has 0 radical (unpaired) electrons. The number of amides is 1. The summed E-state index contributed by atoms with van der Waals surface area (Å²) in [5, 5.41) is 16.1. The van der Waals surface area contributed by atoms with Gasteiger partial charge >= 0.3 is 0 Å². The van der Waals surface area contributed by atoms with E-state index in [1.165, 1.54) is 0 Å². The highest BCUT2D eigenvalue weighted by atomic mass is 16.5. The van der Waals surface area contributed by atoms with Gasteiger partial charge in [0.2, 0.25) is 5.91 Å². The van der Waals surface area contributed by atoms with Crippen molar-refractivity contribution in [3.63, 3.8) is 0 Å². The number of carbonyl (C=O) groups is 1. The number of rotatable bonds is 6. The fourth-order valence-electron chi connectivity index (χ4n) is 2.37. The number of carbonyl (C=O) groups excluding carboxylic acids is 1. The van der Waals surface area contributed by atoms with Crippen LogP contribution in [0.1, 0.15) is 24.5 Å². The number of hydrogen-bond donors (Lipinski definition) is 3. The monoisotopic (exact) mass is 294 g/mol. The molecule has 1 fully saturated rings. The third kappa shape index (κ3) is 4.09. The number of ether oxygens (including phenoxy) is 2. The zero-order valence-electron chi connectivity index (χ0n) is 12.4. The van der Waals surface area contributed by atoms with Gasteiger partial charge in [-0.05, 0) is 37.1 Å². The first-order chi connectivity index (χ1) is 10.1. The maximum Gasteiger partial charge on any atom is 0.237 e. The first-order valence-electron chi connectivity index (χ1n) is 7.06. The van der Waals surface area contributed by atoms with Crippen molar-refractivity contribution in [2.75, 3.05) is 27.3 Å². The average Bonchev–Trinajstić information content (AvgIpc) is 3.06. The molecule has 0 spiro atoms. The summed E-state index contributed by atoms with van der Waals surface area (Å²) < 4.78 is 10.3. The SMILES string of the molecule is COc1cc(OC)cc(C(O)CNC(=O)C2CCCN2)c1. The van der Waals surface area contributed by atoms with Gasteiger partial charge in [-0.2, -0.15) is 0 Å². The highest BCUT2D eigenvalue weighted by Gasteiger charge is 2.22. The average molecular weight is 294 g/mol. The smallest absolute Gasteiger partial charge is 0.237 e. The molecule has 2 atom stereocenters. The van der Waals surface area contributed by atoms with Gasteiger partial charge < -0.3 is 25.2 Å². The molecule has 0 aliphatic carbocycles. The lowest BCUT2D eigenvalue weighted by Crippen LogP contribution is -2.41. The number of hydrogen-bond acceptors (Lipinski definition) is 5. The molecule has 6 nitrogen and oxygen atoms in total. The van der Waals surface area contributed by atoms with E-state index in [-0.39, 0.29) is 18.5 Å². The summed E-state index contributed by atoms with van der Waals surface area (Å²) in [4.78, 5) is 11.9. The van der Waals surface area contributed by atoms with E-state index >= 15 is 0 Å². The van der Waals surface area contributed by atoms with Crippen molar-refractivity contribution in [1.29, 1.82) is 0 Å². The Bertz CT molecular complexity index is 464. The molecule has 0 saturated carbocycles. The second kappa shape index (κ2) is 7.28. The Hall–Kier alpha value is -1.79. The summed E-state index contributed by atoms with van der Waals surface area (Å²) in [6.07, 6.45) is 1.04. The van der Waals surface area contributed by atoms with Crippen LogP contribution in [0.25, 0.3) is 0 Å². The summed E-state index contributed by atoms with van der Waals surface area (Å²) in [7, 11) is 3.11. The van der Waals surface area contributed by atoms with Crippen LogP contribution in [0.2, 0.25) is 0 Å². The molecule has 1 aromatic carbocycles. The standard InChI is InChI=1S/C15H22N2O4/c1-20-11-6-10(7-12(8-11)21-2)14(18)9-17-15(19)13-4-3-5-16-13/h6-8,13-14,16,18H,3-5,9H2,1-2H3,(H,17,19). The van der Waals surface area contributed by atoms with Gasteiger partial charge in [0.25, 0.3) is 0 Å². The van der Waals surface area contributed by atoms with Crippen molar-refractivity contribution in [3.8, 4) is 11.5 Å². The van der Waals surface area contributed by atoms with Crippen molar-refractivity contribution >= 4 is 5.91 Å². The van der Waals surface area contributed by atoms with Crippen LogP contribution < -0.4 is 20.1 Å². The fourth-order valence-corrected chi connectivity index (χ4v) is 2.37. The van der Waals surface area contributed by atoms with Gasteiger partial charge in [-0.25, -0.2) is 0 Å². The molecular formula is C15H22N2O4. The quantitative estimate of drug-likeness (QED) is 0.716. The molecule has 1 aliphatic heterocycles. The lowest BCUT2D eigenvalue weighted by Gasteiger charge is -2.16. The van der Waals surface area contributed by atoms with Crippen molar-refractivity contribution < 1.29 is 19.4 Å². The Morgan fingerprint density at radius 2 is 2.05 bits per heavy atom. The topological polar surface area (TPSA) is 79.8 Å². The van der Waals surface area contributed by atoms with E-state index in [4.69, 9.17) is 9.47 Å². The third-order valence-corrected chi connectivity index (χ3v) is 3.60. The third-order valence-electron chi connectivity index (χ3n) is 3.60. The van der Waals surface area contributed by atoms with Crippen LogP contribution in [0, 0.1) is 0 Å². The number of aliphatic hydroxyl groups excluding tert-OH is 1. The molecule has 0 bridgehead atoms. The second-order valence-corrected chi connectivity index (χ2v) is 5.06. The molecule has 1 heterocycles. The predicted octanol–water partition coefficient (Wildman–Crippen LogP) is 0.605. The minimum Gasteiger partial charge on any atom is -0.497 e. The van der Waals surface area contributed by atoms with E-state index in [0.29, 0.717) is 17.1 Å². The van der Waals surface area contributed by atoms with E-state index in [9.17, 15) is 9.90 Å². The molecule has 3 N–H and O–H groups in total. The number of nitrogens with one attached hydrogen (secondary N) is 2. The van der Waals surface area contributed by atoms with Crippen LogP contribution in [-0.2, 0) is 4.79 Å². The van der Waals surface area contributed by atoms with E-state index in [0.717, 1.165) is 19.4 Å².